The highest BCUT2D eigenvalue weighted by Crippen LogP contribution is 2.31. The summed E-state index contributed by atoms with van der Waals surface area (Å²) in [5, 5.41) is 0. The van der Waals surface area contributed by atoms with E-state index in [1.165, 1.54) is 11.1 Å². The maximum Gasteiger partial charge on any atom is 0.0966 e. The Morgan fingerprint density at radius 3 is 1.93 bits per heavy atom. The topological polar surface area (TPSA) is 30.7 Å². The van der Waals surface area contributed by atoms with Crippen LogP contribution < -0.4 is 0 Å². The molecule has 0 aliphatic carbocycles. The van der Waals surface area contributed by atoms with E-state index in [1.54, 1.807) is 0 Å². The summed E-state index contributed by atoms with van der Waals surface area (Å²) >= 11 is 0. The molecule has 0 saturated heterocycles. The van der Waals surface area contributed by atoms with Crippen LogP contribution in [0.25, 0.3) is 22.2 Å². The molecule has 2 aromatic heterocycles. The lowest BCUT2D eigenvalue weighted by Gasteiger charge is -2.21. The number of hydrogen-bond donors (Lipinski definition) is 0. The molecule has 2 heterocycles. The molecule has 0 N–H and O–H groups in total. The molecule has 3 nitrogen and oxygen atoms in total. The zero-order valence-electron chi connectivity index (χ0n) is 15.3. The number of benzene rings is 3. The third-order valence-corrected chi connectivity index (χ3v) is 5.10. The predicted molar refractivity (Wildman–Crippen MR) is 113 cm³/mol. The van der Waals surface area contributed by atoms with Crippen molar-refractivity contribution in [2.24, 2.45) is 0 Å². The third-order valence-electron chi connectivity index (χ3n) is 5.10. The van der Waals surface area contributed by atoms with E-state index < -0.39 is 0 Å². The summed E-state index contributed by atoms with van der Waals surface area (Å²) in [6.07, 6.45) is 5.60. The fourth-order valence-corrected chi connectivity index (χ4v) is 3.74. The van der Waals surface area contributed by atoms with Crippen LogP contribution in [-0.2, 0) is 0 Å². The Hall–Kier alpha value is -3.72. The number of hydrogen-bond acceptors (Lipinski definition) is 2. The van der Waals surface area contributed by atoms with Gasteiger partial charge in [0, 0.05) is 12.4 Å². The maximum atomic E-state index is 4.68. The summed E-state index contributed by atoms with van der Waals surface area (Å²) in [6.45, 7) is 0. The van der Waals surface area contributed by atoms with Gasteiger partial charge in [0.15, 0.2) is 0 Å². The van der Waals surface area contributed by atoms with Gasteiger partial charge in [0.1, 0.15) is 0 Å². The average Bonchev–Trinajstić information content (AvgIpc) is 3.19. The normalized spacial score (nSPS) is 11.2. The Balaban J connectivity index is 1.71. The predicted octanol–water partition coefficient (Wildman–Crippen LogP) is 5.74. The molecule has 0 aliphatic rings. The summed E-state index contributed by atoms with van der Waals surface area (Å²) in [4.78, 5) is 8.81. The van der Waals surface area contributed by atoms with Gasteiger partial charge in [-0.2, -0.15) is 0 Å². The van der Waals surface area contributed by atoms with E-state index in [2.05, 4.69) is 93.4 Å². The lowest BCUT2D eigenvalue weighted by molar-refractivity contribution is 0.698. The van der Waals surface area contributed by atoms with Crippen LogP contribution in [0.15, 0.2) is 110 Å². The fraction of sp³-hybridized carbons (Fsp3) is 0.0400. The minimum absolute atomic E-state index is 0.0695. The number of nitrogens with zero attached hydrogens (tertiary/aromatic N) is 3. The molecule has 3 heteroatoms. The van der Waals surface area contributed by atoms with E-state index in [-0.39, 0.29) is 6.04 Å². The van der Waals surface area contributed by atoms with Crippen molar-refractivity contribution in [3.63, 3.8) is 0 Å². The van der Waals surface area contributed by atoms with E-state index in [9.17, 15) is 0 Å². The quantitative estimate of drug-likeness (QED) is 0.409. The van der Waals surface area contributed by atoms with E-state index in [4.69, 9.17) is 0 Å². The van der Waals surface area contributed by atoms with Crippen LogP contribution in [0.3, 0.4) is 0 Å². The maximum absolute atomic E-state index is 4.68. The van der Waals surface area contributed by atoms with Gasteiger partial charge in [0.05, 0.1) is 23.4 Å². The molecule has 28 heavy (non-hydrogen) atoms. The summed E-state index contributed by atoms with van der Waals surface area (Å²) in [5.41, 5.74) is 6.91. The Bertz CT molecular complexity index is 1160. The largest absolute Gasteiger partial charge is 0.319 e. The molecular weight excluding hydrogens is 342 g/mol. The Morgan fingerprint density at radius 1 is 0.643 bits per heavy atom. The van der Waals surface area contributed by atoms with E-state index in [0.717, 1.165) is 22.2 Å². The zero-order valence-corrected chi connectivity index (χ0v) is 15.3. The molecule has 0 atom stereocenters. The number of fused-ring (bicyclic) bond motifs is 1. The molecule has 0 spiro atoms. The SMILES string of the molecule is c1ccc(C(c2ccccc2)n2cnc3ccc(-c4ccncc4)cc32)cc1. The van der Waals surface area contributed by atoms with Crippen LogP contribution >= 0.6 is 0 Å². The van der Waals surface area contributed by atoms with Crippen molar-refractivity contribution >= 4 is 11.0 Å². The van der Waals surface area contributed by atoms with Gasteiger partial charge < -0.3 is 4.57 Å². The number of pyridine rings is 1. The van der Waals surface area contributed by atoms with Gasteiger partial charge in [-0.1, -0.05) is 66.7 Å². The smallest absolute Gasteiger partial charge is 0.0966 e. The summed E-state index contributed by atoms with van der Waals surface area (Å²) in [6, 6.07) is 31.7. The lowest BCUT2D eigenvalue weighted by atomic mass is 9.98. The second-order valence-electron chi connectivity index (χ2n) is 6.82. The molecule has 0 bridgehead atoms. The zero-order chi connectivity index (χ0) is 18.8. The minimum atomic E-state index is 0.0695. The van der Waals surface area contributed by atoms with Crippen molar-refractivity contribution in [3.05, 3.63) is 121 Å². The Labute approximate surface area is 164 Å². The van der Waals surface area contributed by atoms with Gasteiger partial charge in [-0.15, -0.1) is 0 Å². The second kappa shape index (κ2) is 7.12. The van der Waals surface area contributed by atoms with Crippen LogP contribution in [0.1, 0.15) is 17.2 Å². The van der Waals surface area contributed by atoms with Crippen molar-refractivity contribution < 1.29 is 0 Å². The fourth-order valence-electron chi connectivity index (χ4n) is 3.74. The van der Waals surface area contributed by atoms with Crippen LogP contribution in [0, 0.1) is 0 Å². The van der Waals surface area contributed by atoms with E-state index in [0.29, 0.717) is 0 Å². The molecule has 0 amide bonds. The van der Waals surface area contributed by atoms with Crippen molar-refractivity contribution in [2.45, 2.75) is 6.04 Å². The molecule has 0 saturated carbocycles. The Morgan fingerprint density at radius 2 is 1.29 bits per heavy atom. The summed E-state index contributed by atoms with van der Waals surface area (Å²) in [5.74, 6) is 0. The lowest BCUT2D eigenvalue weighted by Crippen LogP contribution is -2.11. The van der Waals surface area contributed by atoms with Gasteiger partial charge in [-0.25, -0.2) is 4.98 Å². The molecule has 5 aromatic rings. The van der Waals surface area contributed by atoms with Crippen molar-refractivity contribution in [1.82, 2.24) is 14.5 Å². The first-order valence-electron chi connectivity index (χ1n) is 9.37. The van der Waals surface area contributed by atoms with Gasteiger partial charge >= 0.3 is 0 Å². The monoisotopic (exact) mass is 361 g/mol. The number of imidazole rings is 1. The molecule has 5 rings (SSSR count). The number of aromatic nitrogens is 3. The van der Waals surface area contributed by atoms with Gasteiger partial charge in [0.25, 0.3) is 0 Å². The van der Waals surface area contributed by atoms with Crippen LogP contribution in [0.4, 0.5) is 0 Å². The van der Waals surface area contributed by atoms with Crippen LogP contribution in [0.5, 0.6) is 0 Å². The summed E-state index contributed by atoms with van der Waals surface area (Å²) < 4.78 is 2.27. The molecule has 0 fully saturated rings. The molecular formula is C25H19N3. The van der Waals surface area contributed by atoms with Gasteiger partial charge in [0.2, 0.25) is 0 Å². The number of rotatable bonds is 4. The molecule has 0 aliphatic heterocycles. The molecule has 134 valence electrons. The van der Waals surface area contributed by atoms with Crippen LogP contribution in [0.2, 0.25) is 0 Å². The third kappa shape index (κ3) is 2.97. The first-order chi connectivity index (χ1) is 13.9. The highest BCUT2D eigenvalue weighted by Gasteiger charge is 2.18. The van der Waals surface area contributed by atoms with Crippen LogP contribution in [-0.4, -0.2) is 14.5 Å². The van der Waals surface area contributed by atoms with Crippen molar-refractivity contribution in [2.75, 3.05) is 0 Å². The summed E-state index contributed by atoms with van der Waals surface area (Å²) in [7, 11) is 0. The molecule has 0 unspecified atom stereocenters. The molecule has 0 radical (unpaired) electrons. The van der Waals surface area contributed by atoms with Crippen molar-refractivity contribution in [1.29, 1.82) is 0 Å². The highest BCUT2D eigenvalue weighted by atomic mass is 15.1. The molecule has 3 aromatic carbocycles. The first kappa shape index (κ1) is 16.5. The van der Waals surface area contributed by atoms with E-state index in [1.807, 2.05) is 30.9 Å². The van der Waals surface area contributed by atoms with Gasteiger partial charge in [-0.3, -0.25) is 4.98 Å². The standard InChI is InChI=1S/C25H19N3/c1-3-7-20(8-4-1)25(21-9-5-2-6-10-21)28-18-27-23-12-11-22(17-24(23)28)19-13-15-26-16-14-19/h1-18,25H. The first-order valence-corrected chi connectivity index (χ1v) is 9.37. The minimum Gasteiger partial charge on any atom is -0.319 e. The average molecular weight is 361 g/mol. The van der Waals surface area contributed by atoms with E-state index >= 15 is 0 Å². The van der Waals surface area contributed by atoms with Gasteiger partial charge in [-0.05, 0) is 46.5 Å². The highest BCUT2D eigenvalue weighted by molar-refractivity contribution is 5.82. The second-order valence-corrected chi connectivity index (χ2v) is 6.82. The van der Waals surface area contributed by atoms with Crippen molar-refractivity contribution in [3.8, 4) is 11.1 Å². The Kier molecular flexibility index (Phi) is 4.19.